The van der Waals surface area contributed by atoms with Crippen molar-refractivity contribution in [3.63, 3.8) is 0 Å². The largest absolute Gasteiger partial charge is 0.492 e. The predicted molar refractivity (Wildman–Crippen MR) is 131 cm³/mol. The van der Waals surface area contributed by atoms with Crippen LogP contribution in [0, 0.1) is 6.92 Å². The van der Waals surface area contributed by atoms with Gasteiger partial charge in [-0.2, -0.15) is 0 Å². The number of urea groups is 1. The highest BCUT2D eigenvalue weighted by Gasteiger charge is 2.30. The van der Waals surface area contributed by atoms with E-state index in [0.717, 1.165) is 16.1 Å². The van der Waals surface area contributed by atoms with Crippen LogP contribution in [0.1, 0.15) is 21.8 Å². The summed E-state index contributed by atoms with van der Waals surface area (Å²) >= 11 is 14.5. The number of thiazole rings is 1. The summed E-state index contributed by atoms with van der Waals surface area (Å²) in [5.41, 5.74) is 11.4. The number of nitrogen functional groups attached to an aromatic ring is 1. The Balaban J connectivity index is 1.66. The first-order valence-electron chi connectivity index (χ1n) is 10.2. The van der Waals surface area contributed by atoms with Crippen molar-refractivity contribution in [3.05, 3.63) is 62.2 Å². The van der Waals surface area contributed by atoms with Gasteiger partial charge in [0.15, 0.2) is 0 Å². The van der Waals surface area contributed by atoms with Crippen molar-refractivity contribution >= 4 is 46.5 Å². The van der Waals surface area contributed by atoms with Crippen molar-refractivity contribution in [1.29, 1.82) is 0 Å². The van der Waals surface area contributed by atoms with E-state index in [-0.39, 0.29) is 12.0 Å². The second kappa shape index (κ2) is 9.94. The molecule has 0 spiro atoms. The first-order valence-corrected chi connectivity index (χ1v) is 11.8. The third-order valence-corrected chi connectivity index (χ3v) is 6.68. The minimum Gasteiger partial charge on any atom is -0.492 e. The first kappa shape index (κ1) is 23.3. The summed E-state index contributed by atoms with van der Waals surface area (Å²) in [4.78, 5) is 28.3. The number of halogens is 2. The number of nitrogens with one attached hydrogen (secondary N) is 1. The van der Waals surface area contributed by atoms with Crippen LogP contribution in [-0.4, -0.2) is 39.0 Å². The Labute approximate surface area is 205 Å². The molecule has 4 rings (SSSR count). The van der Waals surface area contributed by atoms with Crippen LogP contribution in [0.2, 0.25) is 10.0 Å². The molecule has 2 aromatic heterocycles. The summed E-state index contributed by atoms with van der Waals surface area (Å²) in [6.07, 6.45) is 2.32. The van der Waals surface area contributed by atoms with Crippen LogP contribution in [-0.2, 0) is 19.5 Å². The molecule has 8 nitrogen and oxygen atoms in total. The number of benzene rings is 1. The molecule has 0 unspecified atom stereocenters. The summed E-state index contributed by atoms with van der Waals surface area (Å²) in [6.45, 7) is 6.99. The molecule has 0 saturated carbocycles. The number of carbonyl (C=O) groups is 1. The highest BCUT2D eigenvalue weighted by molar-refractivity contribution is 7.09. The maximum atomic E-state index is 12.5. The van der Waals surface area contributed by atoms with Crippen LogP contribution in [0.4, 0.5) is 10.7 Å². The van der Waals surface area contributed by atoms with Crippen molar-refractivity contribution in [1.82, 2.24) is 25.2 Å². The molecular weight excluding hydrogens is 483 g/mol. The highest BCUT2D eigenvalue weighted by atomic mass is 35.5. The van der Waals surface area contributed by atoms with E-state index in [4.69, 9.17) is 33.7 Å². The van der Waals surface area contributed by atoms with E-state index in [1.165, 1.54) is 0 Å². The van der Waals surface area contributed by atoms with E-state index in [1.54, 1.807) is 34.4 Å². The molecule has 1 aromatic carbocycles. The number of ether oxygens (including phenoxy) is 1. The lowest BCUT2D eigenvalue weighted by Gasteiger charge is -2.17. The molecule has 3 heterocycles. The minimum absolute atomic E-state index is 0.0920. The molecule has 3 N–H and O–H groups in total. The summed E-state index contributed by atoms with van der Waals surface area (Å²) in [6, 6.07) is 3.11. The number of aromatic nitrogens is 3. The molecule has 172 valence electrons. The standard InChI is InChI=1S/C22H22Cl2N6O2S/c1-3-5-26-22(31)30-9-14-16(10-30)28-21(25)29-20(14)19-15(24)7-13(23)8-17(19)32-6-4-18-12(2)27-11-33-18/h3,7-8,11H,1,4-6,9-10H2,2H3,(H,26,31)(H2,25,28,29). The maximum absolute atomic E-state index is 12.5. The number of carbonyl (C=O) groups excluding carboxylic acids is 1. The molecule has 11 heteroatoms. The van der Waals surface area contributed by atoms with Gasteiger partial charge in [-0.1, -0.05) is 29.3 Å². The fraction of sp³-hybridized carbons (Fsp3) is 0.273. The number of nitrogens with zero attached hydrogens (tertiary/aromatic N) is 4. The van der Waals surface area contributed by atoms with E-state index < -0.39 is 0 Å². The normalized spacial score (nSPS) is 12.5. The molecule has 3 aromatic rings. The molecule has 2 amide bonds. The summed E-state index contributed by atoms with van der Waals surface area (Å²) in [5, 5.41) is 3.59. The average Bonchev–Trinajstić information content (AvgIpc) is 3.37. The van der Waals surface area contributed by atoms with Gasteiger partial charge in [-0.25, -0.2) is 19.7 Å². The fourth-order valence-electron chi connectivity index (χ4n) is 3.61. The summed E-state index contributed by atoms with van der Waals surface area (Å²) in [7, 11) is 0. The van der Waals surface area contributed by atoms with Gasteiger partial charge in [-0.3, -0.25) is 0 Å². The molecular formula is C22H22Cl2N6O2S. The van der Waals surface area contributed by atoms with Gasteiger partial charge in [-0.05, 0) is 19.1 Å². The third kappa shape index (κ3) is 5.05. The zero-order valence-corrected chi connectivity index (χ0v) is 20.2. The van der Waals surface area contributed by atoms with Crippen LogP contribution in [0.15, 0.2) is 30.3 Å². The molecule has 0 saturated heterocycles. The van der Waals surface area contributed by atoms with E-state index in [2.05, 4.69) is 26.8 Å². The van der Waals surface area contributed by atoms with Gasteiger partial charge in [0.2, 0.25) is 5.95 Å². The molecule has 0 fully saturated rings. The molecule has 1 aliphatic rings. The Morgan fingerprint density at radius 1 is 1.36 bits per heavy atom. The maximum Gasteiger partial charge on any atom is 0.318 e. The first-order chi connectivity index (χ1) is 15.9. The van der Waals surface area contributed by atoms with Crippen molar-refractivity contribution in [3.8, 4) is 17.0 Å². The zero-order valence-electron chi connectivity index (χ0n) is 17.9. The van der Waals surface area contributed by atoms with Crippen LogP contribution in [0.3, 0.4) is 0 Å². The number of nitrogens with two attached hydrogens (primary N) is 1. The number of rotatable bonds is 7. The Kier molecular flexibility index (Phi) is 7.02. The van der Waals surface area contributed by atoms with E-state index in [1.807, 2.05) is 12.4 Å². The second-order valence-electron chi connectivity index (χ2n) is 7.41. The lowest BCUT2D eigenvalue weighted by atomic mass is 10.0. The smallest absolute Gasteiger partial charge is 0.318 e. The van der Waals surface area contributed by atoms with Gasteiger partial charge in [-0.15, -0.1) is 17.9 Å². The Hall–Kier alpha value is -2.88. The molecule has 0 bridgehead atoms. The molecule has 33 heavy (non-hydrogen) atoms. The van der Waals surface area contributed by atoms with Gasteiger partial charge in [0.25, 0.3) is 0 Å². The highest BCUT2D eigenvalue weighted by Crippen LogP contribution is 2.42. The number of hydrogen-bond acceptors (Lipinski definition) is 7. The van der Waals surface area contributed by atoms with Crippen molar-refractivity contribution in [2.24, 2.45) is 0 Å². The monoisotopic (exact) mass is 504 g/mol. The van der Waals surface area contributed by atoms with Gasteiger partial charge >= 0.3 is 6.03 Å². The quantitative estimate of drug-likeness (QED) is 0.454. The van der Waals surface area contributed by atoms with Crippen LogP contribution < -0.4 is 15.8 Å². The number of amides is 2. The number of anilines is 1. The average molecular weight is 505 g/mol. The number of aryl methyl sites for hydroxylation is 1. The zero-order chi connectivity index (χ0) is 23.5. The third-order valence-electron chi connectivity index (χ3n) is 5.17. The summed E-state index contributed by atoms with van der Waals surface area (Å²) < 4.78 is 6.11. The van der Waals surface area contributed by atoms with Gasteiger partial charge in [0.1, 0.15) is 5.75 Å². The van der Waals surface area contributed by atoms with Gasteiger partial charge in [0.05, 0.1) is 52.9 Å². The summed E-state index contributed by atoms with van der Waals surface area (Å²) in [5.74, 6) is 0.582. The Bertz CT molecular complexity index is 1220. The predicted octanol–water partition coefficient (Wildman–Crippen LogP) is 4.63. The van der Waals surface area contributed by atoms with Crippen molar-refractivity contribution in [2.45, 2.75) is 26.4 Å². The molecule has 0 radical (unpaired) electrons. The number of fused-ring (bicyclic) bond motifs is 1. The second-order valence-corrected chi connectivity index (χ2v) is 9.19. The molecule has 0 atom stereocenters. The van der Waals surface area contributed by atoms with E-state index >= 15 is 0 Å². The van der Waals surface area contributed by atoms with E-state index in [9.17, 15) is 4.79 Å². The topological polar surface area (TPSA) is 106 Å². The molecule has 1 aliphatic heterocycles. The van der Waals surface area contributed by atoms with Gasteiger partial charge in [0, 0.05) is 28.4 Å². The lowest BCUT2D eigenvalue weighted by Crippen LogP contribution is -2.36. The van der Waals surface area contributed by atoms with Crippen molar-refractivity contribution in [2.75, 3.05) is 18.9 Å². The lowest BCUT2D eigenvalue weighted by molar-refractivity contribution is 0.199. The van der Waals surface area contributed by atoms with Crippen LogP contribution >= 0.6 is 34.5 Å². The van der Waals surface area contributed by atoms with Crippen LogP contribution in [0.5, 0.6) is 5.75 Å². The number of hydrogen-bond donors (Lipinski definition) is 2. The Morgan fingerprint density at radius 3 is 2.91 bits per heavy atom. The Morgan fingerprint density at radius 2 is 2.18 bits per heavy atom. The van der Waals surface area contributed by atoms with Crippen molar-refractivity contribution < 1.29 is 9.53 Å². The molecule has 0 aliphatic carbocycles. The minimum atomic E-state index is -0.226. The SMILES string of the molecule is C=CCNC(=O)N1Cc2nc(N)nc(-c3c(Cl)cc(Cl)cc3OCCc3scnc3C)c2C1. The van der Waals surface area contributed by atoms with Crippen LogP contribution in [0.25, 0.3) is 11.3 Å². The van der Waals surface area contributed by atoms with Gasteiger partial charge < -0.3 is 20.7 Å². The fourth-order valence-corrected chi connectivity index (χ4v) is 4.94. The van der Waals surface area contributed by atoms with E-state index in [0.29, 0.717) is 65.4 Å².